The maximum atomic E-state index is 13.4. The average molecular weight is 205 g/mol. The molecule has 0 amide bonds. The molecule has 3 nitrogen and oxygen atoms in total. The lowest BCUT2D eigenvalue weighted by Crippen LogP contribution is -2.00. The summed E-state index contributed by atoms with van der Waals surface area (Å²) in [6.45, 7) is 0. The molecule has 15 heavy (non-hydrogen) atoms. The van der Waals surface area contributed by atoms with Crippen LogP contribution in [0.1, 0.15) is 5.56 Å². The van der Waals surface area contributed by atoms with Crippen molar-refractivity contribution in [1.82, 2.24) is 9.78 Å². The Bertz CT molecular complexity index is 540. The highest BCUT2D eigenvalue weighted by molar-refractivity contribution is 5.35. The van der Waals surface area contributed by atoms with Crippen molar-refractivity contribution in [1.29, 1.82) is 5.26 Å². The Hall–Kier alpha value is -2.22. The minimum absolute atomic E-state index is 0.167. The van der Waals surface area contributed by atoms with E-state index in [0.29, 0.717) is 0 Å². The van der Waals surface area contributed by atoms with Crippen molar-refractivity contribution < 1.29 is 8.78 Å². The number of hydrogen-bond acceptors (Lipinski definition) is 2. The molecule has 0 aliphatic rings. The maximum absolute atomic E-state index is 13.4. The van der Waals surface area contributed by atoms with Crippen molar-refractivity contribution in [2.24, 2.45) is 0 Å². The van der Waals surface area contributed by atoms with Gasteiger partial charge in [0.2, 0.25) is 5.95 Å². The van der Waals surface area contributed by atoms with Gasteiger partial charge in [-0.15, -0.1) is 0 Å². The molecule has 0 aliphatic carbocycles. The van der Waals surface area contributed by atoms with Gasteiger partial charge in [0, 0.05) is 0 Å². The van der Waals surface area contributed by atoms with E-state index in [1.54, 1.807) is 6.07 Å². The standard InChI is InChI=1S/C10H5F2N3/c11-8-2-1-3-9(4-8)15-10(12)7(5-13)6-14-15/h1-4,6H. The molecule has 0 spiro atoms. The predicted octanol–water partition coefficient (Wildman–Crippen LogP) is 2.02. The first kappa shape index (κ1) is 9.34. The molecule has 0 fully saturated rings. The summed E-state index contributed by atoms with van der Waals surface area (Å²) < 4.78 is 27.1. The van der Waals surface area contributed by atoms with Crippen molar-refractivity contribution in [3.05, 3.63) is 47.8 Å². The SMILES string of the molecule is N#Cc1cnn(-c2cccc(F)c2)c1F. The highest BCUT2D eigenvalue weighted by Gasteiger charge is 2.11. The summed E-state index contributed by atoms with van der Waals surface area (Å²) in [5, 5.41) is 12.2. The predicted molar refractivity (Wildman–Crippen MR) is 48.2 cm³/mol. The normalized spacial score (nSPS) is 9.93. The Morgan fingerprint density at radius 3 is 2.73 bits per heavy atom. The summed E-state index contributed by atoms with van der Waals surface area (Å²) in [4.78, 5) is 0. The van der Waals surface area contributed by atoms with E-state index in [2.05, 4.69) is 5.10 Å². The molecule has 0 saturated heterocycles. The average Bonchev–Trinajstić information content (AvgIpc) is 2.59. The van der Waals surface area contributed by atoms with Crippen LogP contribution in [0.3, 0.4) is 0 Å². The van der Waals surface area contributed by atoms with Gasteiger partial charge in [0.05, 0.1) is 11.9 Å². The molecule has 0 aliphatic heterocycles. The van der Waals surface area contributed by atoms with E-state index in [1.807, 2.05) is 0 Å². The molecule has 0 atom stereocenters. The second-order valence-corrected chi connectivity index (χ2v) is 2.85. The molecule has 74 valence electrons. The molecule has 2 aromatic rings. The van der Waals surface area contributed by atoms with Crippen molar-refractivity contribution in [3.63, 3.8) is 0 Å². The van der Waals surface area contributed by atoms with E-state index in [0.717, 1.165) is 16.9 Å². The lowest BCUT2D eigenvalue weighted by Gasteiger charge is -2.01. The number of benzene rings is 1. The third-order valence-corrected chi connectivity index (χ3v) is 1.88. The minimum atomic E-state index is -0.789. The van der Waals surface area contributed by atoms with Crippen molar-refractivity contribution in [2.75, 3.05) is 0 Å². The molecule has 1 aromatic heterocycles. The molecule has 5 heteroatoms. The van der Waals surface area contributed by atoms with E-state index < -0.39 is 11.8 Å². The van der Waals surface area contributed by atoms with Gasteiger partial charge < -0.3 is 0 Å². The third-order valence-electron chi connectivity index (χ3n) is 1.88. The van der Waals surface area contributed by atoms with Crippen LogP contribution >= 0.6 is 0 Å². The van der Waals surface area contributed by atoms with Crippen molar-refractivity contribution >= 4 is 0 Å². The van der Waals surface area contributed by atoms with E-state index >= 15 is 0 Å². The summed E-state index contributed by atoms with van der Waals surface area (Å²) >= 11 is 0. The van der Waals surface area contributed by atoms with Gasteiger partial charge in [-0.25, -0.2) is 9.07 Å². The fraction of sp³-hybridized carbons (Fsp3) is 0. The fourth-order valence-corrected chi connectivity index (χ4v) is 1.20. The molecule has 0 radical (unpaired) electrons. The van der Waals surface area contributed by atoms with Gasteiger partial charge in [-0.2, -0.15) is 14.8 Å². The van der Waals surface area contributed by atoms with E-state index in [4.69, 9.17) is 5.26 Å². The second-order valence-electron chi connectivity index (χ2n) is 2.85. The smallest absolute Gasteiger partial charge is 0.207 e. The summed E-state index contributed by atoms with van der Waals surface area (Å²) in [6.07, 6.45) is 1.10. The molecule has 2 rings (SSSR count). The van der Waals surface area contributed by atoms with Gasteiger partial charge >= 0.3 is 0 Å². The fourth-order valence-electron chi connectivity index (χ4n) is 1.20. The van der Waals surface area contributed by atoms with Gasteiger partial charge in [-0.3, -0.25) is 0 Å². The summed E-state index contributed by atoms with van der Waals surface area (Å²) in [5.74, 6) is -1.27. The zero-order valence-corrected chi connectivity index (χ0v) is 7.48. The van der Waals surface area contributed by atoms with Crippen LogP contribution in [0.5, 0.6) is 0 Å². The van der Waals surface area contributed by atoms with Crippen LogP contribution in [0.25, 0.3) is 5.69 Å². The van der Waals surface area contributed by atoms with Crippen LogP contribution in [-0.4, -0.2) is 9.78 Å². The number of nitrogens with zero attached hydrogens (tertiary/aromatic N) is 3. The molecule has 0 bridgehead atoms. The van der Waals surface area contributed by atoms with E-state index in [9.17, 15) is 8.78 Å². The number of halogens is 2. The monoisotopic (exact) mass is 205 g/mol. The first-order valence-electron chi connectivity index (χ1n) is 4.12. The molecule has 0 unspecified atom stereocenters. The minimum Gasteiger partial charge on any atom is -0.207 e. The lowest BCUT2D eigenvalue weighted by molar-refractivity contribution is 0.532. The maximum Gasteiger partial charge on any atom is 0.234 e. The number of aromatic nitrogens is 2. The van der Waals surface area contributed by atoms with Crippen LogP contribution in [0.2, 0.25) is 0 Å². The first-order valence-corrected chi connectivity index (χ1v) is 4.12. The van der Waals surface area contributed by atoms with Crippen LogP contribution < -0.4 is 0 Å². The Morgan fingerprint density at radius 1 is 1.33 bits per heavy atom. The Morgan fingerprint density at radius 2 is 2.13 bits per heavy atom. The second kappa shape index (κ2) is 3.50. The molecule has 1 heterocycles. The third kappa shape index (κ3) is 1.57. The summed E-state index contributed by atoms with van der Waals surface area (Å²) in [7, 11) is 0. The van der Waals surface area contributed by atoms with Gasteiger partial charge in [0.15, 0.2) is 0 Å². The van der Waals surface area contributed by atoms with E-state index in [-0.39, 0.29) is 11.3 Å². The molecular formula is C10H5F2N3. The zero-order chi connectivity index (χ0) is 10.8. The highest BCUT2D eigenvalue weighted by Crippen LogP contribution is 2.13. The Labute approximate surface area is 84.2 Å². The summed E-state index contributed by atoms with van der Waals surface area (Å²) in [5.41, 5.74) is 0.0771. The lowest BCUT2D eigenvalue weighted by atomic mass is 10.3. The Balaban J connectivity index is 2.56. The molecule has 1 aromatic carbocycles. The van der Waals surface area contributed by atoms with Gasteiger partial charge in [-0.05, 0) is 18.2 Å². The largest absolute Gasteiger partial charge is 0.234 e. The quantitative estimate of drug-likeness (QED) is 0.714. The van der Waals surface area contributed by atoms with Crippen LogP contribution in [0.4, 0.5) is 8.78 Å². The summed E-state index contributed by atoms with van der Waals surface area (Å²) in [6, 6.07) is 6.97. The van der Waals surface area contributed by atoms with Gasteiger partial charge in [0.25, 0.3) is 0 Å². The van der Waals surface area contributed by atoms with Gasteiger partial charge in [0.1, 0.15) is 17.4 Å². The number of rotatable bonds is 1. The van der Waals surface area contributed by atoms with Crippen LogP contribution in [0.15, 0.2) is 30.5 Å². The molecule has 0 saturated carbocycles. The topological polar surface area (TPSA) is 41.6 Å². The first-order chi connectivity index (χ1) is 7.22. The van der Waals surface area contributed by atoms with E-state index in [1.165, 1.54) is 18.2 Å². The number of hydrogen-bond donors (Lipinski definition) is 0. The number of nitriles is 1. The molecule has 0 N–H and O–H groups in total. The van der Waals surface area contributed by atoms with Crippen molar-refractivity contribution in [2.45, 2.75) is 0 Å². The van der Waals surface area contributed by atoms with Crippen molar-refractivity contribution in [3.8, 4) is 11.8 Å². The van der Waals surface area contributed by atoms with Gasteiger partial charge in [-0.1, -0.05) is 6.07 Å². The Kier molecular flexibility index (Phi) is 2.18. The van der Waals surface area contributed by atoms with Crippen LogP contribution in [0, 0.1) is 23.1 Å². The highest BCUT2D eigenvalue weighted by atomic mass is 19.1. The molecular weight excluding hydrogens is 200 g/mol. The zero-order valence-electron chi connectivity index (χ0n) is 7.48. The van der Waals surface area contributed by atoms with Crippen LogP contribution in [-0.2, 0) is 0 Å².